The summed E-state index contributed by atoms with van der Waals surface area (Å²) in [6, 6.07) is 2.51. The largest absolute Gasteiger partial charge is 0.284 e. The number of nitrogens with zero attached hydrogens (tertiary/aromatic N) is 2. The average molecular weight is 294 g/mol. The molecule has 0 aliphatic carbocycles. The van der Waals surface area contributed by atoms with Gasteiger partial charge < -0.3 is 0 Å². The molecular weight excluding hydrogens is 260 g/mol. The molecule has 0 amide bonds. The van der Waals surface area contributed by atoms with Gasteiger partial charge in [0.15, 0.2) is 0 Å². The van der Waals surface area contributed by atoms with Gasteiger partial charge >= 0.3 is 0 Å². The van der Waals surface area contributed by atoms with Crippen molar-refractivity contribution in [3.05, 3.63) is 22.1 Å². The molecule has 1 rings (SSSR count). The zero-order valence-electron chi connectivity index (χ0n) is 14.7. The maximum atomic E-state index is 12.3. The second-order valence-corrected chi connectivity index (χ2v) is 6.50. The molecule has 0 saturated heterocycles. The lowest BCUT2D eigenvalue weighted by atomic mass is 10.1. The summed E-state index contributed by atoms with van der Waals surface area (Å²) in [5, 5.41) is 0. The summed E-state index contributed by atoms with van der Waals surface area (Å²) in [6.45, 7) is 11.0. The highest BCUT2D eigenvalue weighted by atomic mass is 16.1. The van der Waals surface area contributed by atoms with Crippen molar-refractivity contribution in [2.75, 3.05) is 0 Å². The summed E-state index contributed by atoms with van der Waals surface area (Å²) in [4.78, 5) is 12.3. The van der Waals surface area contributed by atoms with E-state index in [0.29, 0.717) is 12.1 Å². The molecule has 122 valence electrons. The van der Waals surface area contributed by atoms with E-state index in [1.54, 1.807) is 6.07 Å². The third-order valence-electron chi connectivity index (χ3n) is 4.44. The Morgan fingerprint density at radius 2 is 1.38 bits per heavy atom. The third kappa shape index (κ3) is 5.05. The second-order valence-electron chi connectivity index (χ2n) is 6.50. The van der Waals surface area contributed by atoms with Crippen LogP contribution < -0.4 is 5.56 Å². The quantitative estimate of drug-likeness (QED) is 0.542. The number of hydrogen-bond acceptors (Lipinski definition) is 1. The average Bonchev–Trinajstić information content (AvgIpc) is 2.74. The summed E-state index contributed by atoms with van der Waals surface area (Å²) >= 11 is 0. The molecule has 2 atom stereocenters. The highest BCUT2D eigenvalue weighted by Gasteiger charge is 2.17. The van der Waals surface area contributed by atoms with Crippen LogP contribution in [0.3, 0.4) is 0 Å². The highest BCUT2D eigenvalue weighted by molar-refractivity contribution is 5.02. The fraction of sp³-hybridized carbons (Fsp3) is 0.833. The zero-order chi connectivity index (χ0) is 15.8. The number of rotatable bonds is 10. The second kappa shape index (κ2) is 9.11. The molecule has 0 radical (unpaired) electrons. The van der Waals surface area contributed by atoms with Crippen molar-refractivity contribution in [2.24, 2.45) is 0 Å². The maximum absolute atomic E-state index is 12.3. The van der Waals surface area contributed by atoms with Crippen molar-refractivity contribution >= 4 is 0 Å². The Balaban J connectivity index is 2.85. The molecule has 0 spiro atoms. The first-order valence-corrected chi connectivity index (χ1v) is 8.83. The molecule has 0 aliphatic rings. The van der Waals surface area contributed by atoms with Gasteiger partial charge in [-0.2, -0.15) is 0 Å². The van der Waals surface area contributed by atoms with Crippen LogP contribution in [0.25, 0.3) is 0 Å². The fourth-order valence-electron chi connectivity index (χ4n) is 3.20. The van der Waals surface area contributed by atoms with Gasteiger partial charge in [0.2, 0.25) is 0 Å². The summed E-state index contributed by atoms with van der Waals surface area (Å²) < 4.78 is 4.25. The highest BCUT2D eigenvalue weighted by Crippen LogP contribution is 2.21. The topological polar surface area (TPSA) is 26.9 Å². The SMILES string of the molecule is CCCCC[C@@H](C)n1c(C)cc(=O)n1[C@H](C)CCCCC. The third-order valence-corrected chi connectivity index (χ3v) is 4.44. The molecule has 0 saturated carbocycles. The molecule has 1 aromatic heterocycles. The van der Waals surface area contributed by atoms with E-state index >= 15 is 0 Å². The summed E-state index contributed by atoms with van der Waals surface area (Å²) in [7, 11) is 0. The van der Waals surface area contributed by atoms with Gasteiger partial charge in [-0.1, -0.05) is 52.4 Å². The van der Waals surface area contributed by atoms with Crippen LogP contribution in [0.5, 0.6) is 0 Å². The molecular formula is C18H34N2O. The monoisotopic (exact) mass is 294 g/mol. The first-order chi connectivity index (χ1) is 10.0. The molecule has 3 heteroatoms. The van der Waals surface area contributed by atoms with Gasteiger partial charge in [0.1, 0.15) is 0 Å². The summed E-state index contributed by atoms with van der Waals surface area (Å²) in [5.41, 5.74) is 1.27. The van der Waals surface area contributed by atoms with Crippen LogP contribution in [0.1, 0.15) is 96.8 Å². The first-order valence-electron chi connectivity index (χ1n) is 8.83. The van der Waals surface area contributed by atoms with E-state index in [0.717, 1.165) is 18.5 Å². The van der Waals surface area contributed by atoms with Crippen LogP contribution in [0, 0.1) is 6.92 Å². The molecule has 0 N–H and O–H groups in total. The van der Waals surface area contributed by atoms with Crippen molar-refractivity contribution in [1.29, 1.82) is 0 Å². The minimum absolute atomic E-state index is 0.166. The minimum atomic E-state index is 0.166. The fourth-order valence-corrected chi connectivity index (χ4v) is 3.20. The lowest BCUT2D eigenvalue weighted by Crippen LogP contribution is -2.28. The van der Waals surface area contributed by atoms with E-state index in [-0.39, 0.29) is 5.56 Å². The minimum Gasteiger partial charge on any atom is -0.284 e. The van der Waals surface area contributed by atoms with Crippen molar-refractivity contribution in [3.8, 4) is 0 Å². The molecule has 3 nitrogen and oxygen atoms in total. The lowest BCUT2D eigenvalue weighted by Gasteiger charge is -2.24. The zero-order valence-corrected chi connectivity index (χ0v) is 14.7. The van der Waals surface area contributed by atoms with Gasteiger partial charge in [-0.05, 0) is 33.6 Å². The molecule has 0 aromatic carbocycles. The Kier molecular flexibility index (Phi) is 7.84. The smallest absolute Gasteiger partial charge is 0.267 e. The lowest BCUT2D eigenvalue weighted by molar-refractivity contribution is 0.301. The molecule has 0 aliphatic heterocycles. The first kappa shape index (κ1) is 18.1. The Morgan fingerprint density at radius 1 is 0.905 bits per heavy atom. The molecule has 1 heterocycles. The van der Waals surface area contributed by atoms with Gasteiger partial charge in [0, 0.05) is 17.8 Å². The van der Waals surface area contributed by atoms with E-state index in [1.165, 1.54) is 38.5 Å². The molecule has 1 aromatic rings. The van der Waals surface area contributed by atoms with Gasteiger partial charge in [0.05, 0.1) is 6.04 Å². The van der Waals surface area contributed by atoms with E-state index in [1.807, 2.05) is 4.68 Å². The van der Waals surface area contributed by atoms with Crippen molar-refractivity contribution in [1.82, 2.24) is 9.36 Å². The Bertz CT molecular complexity index is 458. The number of aromatic nitrogens is 2. The van der Waals surface area contributed by atoms with Gasteiger partial charge in [0.25, 0.3) is 5.56 Å². The van der Waals surface area contributed by atoms with E-state index in [4.69, 9.17) is 0 Å². The number of aryl methyl sites for hydroxylation is 1. The van der Waals surface area contributed by atoms with Gasteiger partial charge in [-0.3, -0.25) is 9.48 Å². The van der Waals surface area contributed by atoms with Crippen molar-refractivity contribution < 1.29 is 0 Å². The Morgan fingerprint density at radius 3 is 1.86 bits per heavy atom. The summed E-state index contributed by atoms with van der Waals surface area (Å²) in [5.74, 6) is 0. The van der Waals surface area contributed by atoms with Crippen LogP contribution in [0.15, 0.2) is 10.9 Å². The van der Waals surface area contributed by atoms with Crippen LogP contribution in [-0.2, 0) is 0 Å². The Labute approximate surface area is 130 Å². The Hall–Kier alpha value is -0.990. The van der Waals surface area contributed by atoms with Crippen LogP contribution in [-0.4, -0.2) is 9.36 Å². The summed E-state index contributed by atoms with van der Waals surface area (Å²) in [6.07, 6.45) is 9.72. The van der Waals surface area contributed by atoms with E-state index in [9.17, 15) is 4.79 Å². The normalized spacial score (nSPS) is 14.3. The van der Waals surface area contributed by atoms with E-state index in [2.05, 4.69) is 39.3 Å². The van der Waals surface area contributed by atoms with Crippen LogP contribution >= 0.6 is 0 Å². The van der Waals surface area contributed by atoms with Gasteiger partial charge in [-0.25, -0.2) is 4.68 Å². The van der Waals surface area contributed by atoms with Gasteiger partial charge in [-0.15, -0.1) is 0 Å². The molecule has 0 bridgehead atoms. The maximum Gasteiger partial charge on any atom is 0.267 e. The number of unbranched alkanes of at least 4 members (excludes halogenated alkanes) is 4. The molecule has 0 unspecified atom stereocenters. The van der Waals surface area contributed by atoms with Crippen LogP contribution in [0.2, 0.25) is 0 Å². The van der Waals surface area contributed by atoms with Crippen molar-refractivity contribution in [3.63, 3.8) is 0 Å². The standard InChI is InChI=1S/C18H34N2O/c1-6-8-10-12-15(3)19-17(5)14-18(21)20(19)16(4)13-11-9-7-2/h14-16H,6-13H2,1-5H3/t15-,16-/m1/s1. The molecule has 21 heavy (non-hydrogen) atoms. The van der Waals surface area contributed by atoms with Crippen LogP contribution in [0.4, 0.5) is 0 Å². The molecule has 0 fully saturated rings. The van der Waals surface area contributed by atoms with Crippen molar-refractivity contribution in [2.45, 2.75) is 98.1 Å². The predicted octanol–water partition coefficient (Wildman–Crippen LogP) is 5.24. The predicted molar refractivity (Wildman–Crippen MR) is 91.1 cm³/mol. The number of hydrogen-bond donors (Lipinski definition) is 0. The van der Waals surface area contributed by atoms with E-state index < -0.39 is 0 Å².